The molecule has 1 aliphatic rings. The number of morpholine rings is 1. The minimum atomic E-state index is 0.0799. The van der Waals surface area contributed by atoms with E-state index in [4.69, 9.17) is 16.3 Å². The van der Waals surface area contributed by atoms with Crippen molar-refractivity contribution < 1.29 is 4.74 Å². The van der Waals surface area contributed by atoms with E-state index in [2.05, 4.69) is 21.8 Å². The summed E-state index contributed by atoms with van der Waals surface area (Å²) >= 11 is 5.85. The molecule has 0 aliphatic carbocycles. The first-order valence-corrected chi connectivity index (χ1v) is 6.39. The molecule has 1 aromatic rings. The molecule has 1 fully saturated rings. The van der Waals surface area contributed by atoms with Crippen LogP contribution < -0.4 is 4.90 Å². The highest BCUT2D eigenvalue weighted by atomic mass is 35.5. The maximum absolute atomic E-state index is 5.85. The van der Waals surface area contributed by atoms with Crippen LogP contribution >= 0.6 is 11.6 Å². The molecule has 0 N–H and O–H groups in total. The lowest BCUT2D eigenvalue weighted by Gasteiger charge is -2.38. The second kappa shape index (κ2) is 5.19. The zero-order chi connectivity index (χ0) is 12.4. The zero-order valence-electron chi connectivity index (χ0n) is 10.5. The summed E-state index contributed by atoms with van der Waals surface area (Å²) in [6.45, 7) is 7.54. The Morgan fingerprint density at radius 1 is 1.47 bits per heavy atom. The molecule has 4 nitrogen and oxygen atoms in total. The molecular formula is C12H18ClN3O. The van der Waals surface area contributed by atoms with Crippen molar-refractivity contribution in [1.82, 2.24) is 9.97 Å². The van der Waals surface area contributed by atoms with Crippen molar-refractivity contribution in [1.29, 1.82) is 0 Å². The largest absolute Gasteiger partial charge is 0.373 e. The Balaban J connectivity index is 2.21. The lowest BCUT2D eigenvalue weighted by atomic mass is 10.2. The fourth-order valence-corrected chi connectivity index (χ4v) is 2.08. The van der Waals surface area contributed by atoms with Crippen molar-refractivity contribution in [3.63, 3.8) is 0 Å². The van der Waals surface area contributed by atoms with E-state index in [0.717, 1.165) is 23.8 Å². The van der Waals surface area contributed by atoms with Crippen LogP contribution in [-0.4, -0.2) is 41.1 Å². The maximum Gasteiger partial charge on any atom is 0.147 e. The summed E-state index contributed by atoms with van der Waals surface area (Å²) in [6.07, 6.45) is 1.91. The van der Waals surface area contributed by atoms with Crippen LogP contribution in [0.3, 0.4) is 0 Å². The normalized spacial score (nSPS) is 25.1. The number of hydrogen-bond acceptors (Lipinski definition) is 4. The molecule has 1 aromatic heterocycles. The smallest absolute Gasteiger partial charge is 0.147 e. The molecule has 2 heterocycles. The number of rotatable bonds is 2. The van der Waals surface area contributed by atoms with Crippen molar-refractivity contribution >= 4 is 17.4 Å². The third-order valence-electron chi connectivity index (χ3n) is 3.15. The van der Waals surface area contributed by atoms with Crippen molar-refractivity contribution in [2.75, 3.05) is 23.9 Å². The molecule has 17 heavy (non-hydrogen) atoms. The Kier molecular flexibility index (Phi) is 3.84. The molecule has 0 aromatic carbocycles. The van der Waals surface area contributed by atoms with E-state index in [-0.39, 0.29) is 6.10 Å². The van der Waals surface area contributed by atoms with Crippen molar-refractivity contribution in [2.24, 2.45) is 0 Å². The van der Waals surface area contributed by atoms with Gasteiger partial charge in [-0.25, -0.2) is 4.98 Å². The molecule has 1 saturated heterocycles. The number of hydrogen-bond donors (Lipinski definition) is 0. The van der Waals surface area contributed by atoms with Gasteiger partial charge in [-0.2, -0.15) is 0 Å². The summed E-state index contributed by atoms with van der Waals surface area (Å²) in [6, 6.07) is 0.311. The van der Waals surface area contributed by atoms with Gasteiger partial charge in [0.25, 0.3) is 0 Å². The van der Waals surface area contributed by atoms with Gasteiger partial charge in [0.15, 0.2) is 0 Å². The maximum atomic E-state index is 5.85. The molecule has 0 saturated carbocycles. The van der Waals surface area contributed by atoms with Crippen LogP contribution in [0.15, 0.2) is 6.20 Å². The molecule has 0 radical (unpaired) electrons. The highest BCUT2D eigenvalue weighted by Gasteiger charge is 2.26. The number of aryl methyl sites for hydroxylation is 2. The topological polar surface area (TPSA) is 38.2 Å². The van der Waals surface area contributed by atoms with E-state index in [1.165, 1.54) is 0 Å². The molecule has 0 spiro atoms. The summed E-state index contributed by atoms with van der Waals surface area (Å²) in [5.74, 6) is 1.43. The number of ether oxygens (including phenoxy) is 1. The van der Waals surface area contributed by atoms with Gasteiger partial charge in [-0.05, 0) is 20.8 Å². The SMILES string of the molecule is Cc1ncc(N2CC(CCl)OCC2C)nc1C. The van der Waals surface area contributed by atoms with Crippen molar-refractivity contribution in [2.45, 2.75) is 32.9 Å². The predicted molar refractivity (Wildman–Crippen MR) is 68.8 cm³/mol. The van der Waals surface area contributed by atoms with E-state index in [0.29, 0.717) is 18.5 Å². The fourth-order valence-electron chi connectivity index (χ4n) is 1.90. The monoisotopic (exact) mass is 255 g/mol. The second-order valence-corrected chi connectivity index (χ2v) is 4.82. The van der Waals surface area contributed by atoms with Gasteiger partial charge in [-0.3, -0.25) is 4.98 Å². The first kappa shape index (κ1) is 12.6. The van der Waals surface area contributed by atoms with E-state index < -0.39 is 0 Å². The van der Waals surface area contributed by atoms with Gasteiger partial charge in [-0.1, -0.05) is 0 Å². The summed E-state index contributed by atoms with van der Waals surface area (Å²) in [5, 5.41) is 0. The highest BCUT2D eigenvalue weighted by Crippen LogP contribution is 2.20. The molecule has 1 aliphatic heterocycles. The Morgan fingerprint density at radius 2 is 2.24 bits per heavy atom. The number of nitrogens with zero attached hydrogens (tertiary/aromatic N) is 3. The standard InChI is InChI=1S/C12H18ClN3O/c1-8-7-17-11(4-13)6-16(8)12-5-14-9(2)10(3)15-12/h5,8,11H,4,6-7H2,1-3H3. The van der Waals surface area contributed by atoms with E-state index >= 15 is 0 Å². The van der Waals surface area contributed by atoms with Crippen LogP contribution in [0.5, 0.6) is 0 Å². The highest BCUT2D eigenvalue weighted by molar-refractivity contribution is 6.18. The molecule has 2 unspecified atom stereocenters. The Labute approximate surface area is 107 Å². The molecular weight excluding hydrogens is 238 g/mol. The van der Waals surface area contributed by atoms with E-state index in [9.17, 15) is 0 Å². The molecule has 94 valence electrons. The van der Waals surface area contributed by atoms with Crippen molar-refractivity contribution in [3.05, 3.63) is 17.6 Å². The van der Waals surface area contributed by atoms with Crippen LogP contribution in [0.25, 0.3) is 0 Å². The number of anilines is 1. The Morgan fingerprint density at radius 3 is 2.88 bits per heavy atom. The first-order chi connectivity index (χ1) is 8.11. The van der Waals surface area contributed by atoms with Crippen LogP contribution in [-0.2, 0) is 4.74 Å². The van der Waals surface area contributed by atoms with Gasteiger partial charge >= 0.3 is 0 Å². The summed E-state index contributed by atoms with van der Waals surface area (Å²) in [7, 11) is 0. The van der Waals surface area contributed by atoms with Crippen LogP contribution in [0.4, 0.5) is 5.82 Å². The molecule has 2 atom stereocenters. The van der Waals surface area contributed by atoms with Crippen LogP contribution in [0.2, 0.25) is 0 Å². The van der Waals surface area contributed by atoms with Gasteiger partial charge in [0.2, 0.25) is 0 Å². The summed E-state index contributed by atoms with van der Waals surface area (Å²) in [4.78, 5) is 11.2. The number of halogens is 1. The third-order valence-corrected chi connectivity index (χ3v) is 3.50. The minimum Gasteiger partial charge on any atom is -0.373 e. The first-order valence-electron chi connectivity index (χ1n) is 5.86. The van der Waals surface area contributed by atoms with Crippen molar-refractivity contribution in [3.8, 4) is 0 Å². The van der Waals surface area contributed by atoms with Gasteiger partial charge in [0.1, 0.15) is 5.82 Å². The lowest BCUT2D eigenvalue weighted by Crippen LogP contribution is -2.49. The van der Waals surface area contributed by atoms with Crippen LogP contribution in [0.1, 0.15) is 18.3 Å². The number of alkyl halides is 1. The fraction of sp³-hybridized carbons (Fsp3) is 0.667. The Hall–Kier alpha value is -0.870. The molecule has 0 bridgehead atoms. The number of aromatic nitrogens is 2. The van der Waals surface area contributed by atoms with Crippen LogP contribution in [0, 0.1) is 13.8 Å². The Bertz CT molecular complexity index is 399. The predicted octanol–water partition coefficient (Wildman–Crippen LogP) is 1.93. The van der Waals surface area contributed by atoms with Gasteiger partial charge < -0.3 is 9.64 Å². The average molecular weight is 256 g/mol. The lowest BCUT2D eigenvalue weighted by molar-refractivity contribution is 0.0361. The van der Waals surface area contributed by atoms with Gasteiger partial charge in [-0.15, -0.1) is 11.6 Å². The van der Waals surface area contributed by atoms with Gasteiger partial charge in [0, 0.05) is 6.54 Å². The summed E-state index contributed by atoms with van der Waals surface area (Å²) in [5.41, 5.74) is 1.95. The summed E-state index contributed by atoms with van der Waals surface area (Å²) < 4.78 is 5.62. The second-order valence-electron chi connectivity index (χ2n) is 4.51. The quantitative estimate of drug-likeness (QED) is 0.757. The molecule has 0 amide bonds. The van der Waals surface area contributed by atoms with Gasteiger partial charge in [0.05, 0.1) is 42.2 Å². The minimum absolute atomic E-state index is 0.0799. The third kappa shape index (κ3) is 2.69. The molecule has 5 heteroatoms. The zero-order valence-corrected chi connectivity index (χ0v) is 11.2. The van der Waals surface area contributed by atoms with E-state index in [1.54, 1.807) is 0 Å². The average Bonchev–Trinajstić information content (AvgIpc) is 2.33. The van der Waals surface area contributed by atoms with E-state index in [1.807, 2.05) is 20.0 Å². The molecule has 2 rings (SSSR count).